The molecular weight excluding hydrogens is 248 g/mol. The van der Waals surface area contributed by atoms with Crippen molar-refractivity contribution in [2.45, 2.75) is 13.3 Å². The van der Waals surface area contributed by atoms with Gasteiger partial charge in [-0.05, 0) is 30.2 Å². The summed E-state index contributed by atoms with van der Waals surface area (Å²) in [5, 5.41) is 0. The summed E-state index contributed by atoms with van der Waals surface area (Å²) in [7, 11) is 0. The minimum Gasteiger partial charge on any atom is -0.465 e. The molecule has 0 heterocycles. The number of ether oxygens (including phenoxy) is 1. The van der Waals surface area contributed by atoms with Crippen molar-refractivity contribution in [2.24, 2.45) is 0 Å². The average molecular weight is 264 g/mol. The van der Waals surface area contributed by atoms with Gasteiger partial charge in [-0.25, -0.2) is 0 Å². The molecule has 0 unspecified atom stereocenters. The zero-order valence-electron chi connectivity index (χ0n) is 11.4. The topological polar surface area (TPSA) is 26.3 Å². The van der Waals surface area contributed by atoms with Gasteiger partial charge < -0.3 is 4.74 Å². The second-order valence-corrected chi connectivity index (χ2v) is 4.23. The van der Waals surface area contributed by atoms with E-state index >= 15 is 0 Å². The Bertz CT molecular complexity index is 616. The van der Waals surface area contributed by atoms with E-state index in [1.807, 2.05) is 42.5 Å². The molecule has 0 saturated carbocycles. The molecule has 0 N–H and O–H groups in total. The molecule has 2 rings (SSSR count). The number of hydrogen-bond acceptors (Lipinski definition) is 2. The van der Waals surface area contributed by atoms with Crippen LogP contribution in [0.1, 0.15) is 18.9 Å². The Morgan fingerprint density at radius 3 is 2.30 bits per heavy atom. The van der Waals surface area contributed by atoms with Crippen molar-refractivity contribution >= 4 is 5.97 Å². The van der Waals surface area contributed by atoms with Gasteiger partial charge in [0.15, 0.2) is 0 Å². The SMILES string of the molecule is CCOC(=O)CC#Cc1ccc(-c2ccccc2)cc1. The molecule has 0 bridgehead atoms. The summed E-state index contributed by atoms with van der Waals surface area (Å²) in [4.78, 5) is 11.1. The van der Waals surface area contributed by atoms with E-state index in [-0.39, 0.29) is 12.4 Å². The van der Waals surface area contributed by atoms with Crippen molar-refractivity contribution in [3.05, 3.63) is 60.2 Å². The Morgan fingerprint density at radius 1 is 1.00 bits per heavy atom. The highest BCUT2D eigenvalue weighted by atomic mass is 16.5. The van der Waals surface area contributed by atoms with Gasteiger partial charge in [0.1, 0.15) is 6.42 Å². The average Bonchev–Trinajstić information content (AvgIpc) is 2.49. The lowest BCUT2D eigenvalue weighted by molar-refractivity contribution is -0.141. The van der Waals surface area contributed by atoms with Crippen LogP contribution in [0.5, 0.6) is 0 Å². The first-order valence-corrected chi connectivity index (χ1v) is 6.59. The minimum absolute atomic E-state index is 0.133. The Labute approximate surface area is 119 Å². The number of carbonyl (C=O) groups excluding carboxylic acids is 1. The van der Waals surface area contributed by atoms with E-state index < -0.39 is 0 Å². The largest absolute Gasteiger partial charge is 0.465 e. The third kappa shape index (κ3) is 4.00. The fourth-order valence-electron chi connectivity index (χ4n) is 1.81. The predicted octanol–water partition coefficient (Wildman–Crippen LogP) is 3.66. The van der Waals surface area contributed by atoms with Gasteiger partial charge in [-0.15, -0.1) is 0 Å². The minimum atomic E-state index is -0.277. The zero-order chi connectivity index (χ0) is 14.2. The molecule has 0 aliphatic carbocycles. The van der Waals surface area contributed by atoms with E-state index in [0.717, 1.165) is 11.1 Å². The molecule has 0 aromatic heterocycles. The molecule has 0 atom stereocenters. The molecule has 20 heavy (non-hydrogen) atoms. The first-order chi connectivity index (χ1) is 9.79. The summed E-state index contributed by atoms with van der Waals surface area (Å²) in [5.74, 6) is 5.51. The lowest BCUT2D eigenvalue weighted by Gasteiger charge is -2.00. The van der Waals surface area contributed by atoms with E-state index in [9.17, 15) is 4.79 Å². The molecule has 0 spiro atoms. The molecule has 100 valence electrons. The predicted molar refractivity (Wildman–Crippen MR) is 80.0 cm³/mol. The van der Waals surface area contributed by atoms with E-state index in [0.29, 0.717) is 6.61 Å². The molecule has 0 radical (unpaired) electrons. The molecule has 2 heteroatoms. The van der Waals surface area contributed by atoms with E-state index in [1.165, 1.54) is 5.56 Å². The second kappa shape index (κ2) is 7.16. The Hall–Kier alpha value is -2.53. The summed E-state index contributed by atoms with van der Waals surface area (Å²) < 4.78 is 4.82. The molecule has 2 nitrogen and oxygen atoms in total. The maximum absolute atomic E-state index is 11.1. The third-order valence-electron chi connectivity index (χ3n) is 2.76. The smallest absolute Gasteiger partial charge is 0.317 e. The van der Waals surface area contributed by atoms with Crippen molar-refractivity contribution in [3.63, 3.8) is 0 Å². The van der Waals surface area contributed by atoms with Gasteiger partial charge in [0, 0.05) is 5.56 Å². The molecule has 2 aromatic rings. The third-order valence-corrected chi connectivity index (χ3v) is 2.76. The molecule has 0 amide bonds. The van der Waals surface area contributed by atoms with Gasteiger partial charge in [0.25, 0.3) is 0 Å². The van der Waals surface area contributed by atoms with Gasteiger partial charge in [0.05, 0.1) is 6.61 Å². The van der Waals surface area contributed by atoms with Crippen molar-refractivity contribution in [3.8, 4) is 23.0 Å². The lowest BCUT2D eigenvalue weighted by Crippen LogP contribution is -2.01. The monoisotopic (exact) mass is 264 g/mol. The van der Waals surface area contributed by atoms with Gasteiger partial charge in [-0.2, -0.15) is 0 Å². The van der Waals surface area contributed by atoms with Crippen LogP contribution < -0.4 is 0 Å². The number of rotatable bonds is 3. The summed E-state index contributed by atoms with van der Waals surface area (Å²) in [6, 6.07) is 18.2. The highest BCUT2D eigenvalue weighted by Gasteiger charge is 1.97. The maximum Gasteiger partial charge on any atom is 0.317 e. The van der Waals surface area contributed by atoms with Crippen LogP contribution in [-0.4, -0.2) is 12.6 Å². The van der Waals surface area contributed by atoms with Crippen molar-refractivity contribution in [2.75, 3.05) is 6.61 Å². The molecular formula is C18H16O2. The van der Waals surface area contributed by atoms with Crippen LogP contribution in [0.3, 0.4) is 0 Å². The summed E-state index contributed by atoms with van der Waals surface area (Å²) >= 11 is 0. The standard InChI is InChI=1S/C18H16O2/c1-2-20-18(19)10-6-7-15-11-13-17(14-12-15)16-8-4-3-5-9-16/h3-5,8-9,11-14H,2,10H2,1H3. The second-order valence-electron chi connectivity index (χ2n) is 4.23. The Kier molecular flexibility index (Phi) is 4.97. The lowest BCUT2D eigenvalue weighted by atomic mass is 10.0. The molecule has 0 saturated heterocycles. The van der Waals surface area contributed by atoms with Crippen LogP contribution >= 0.6 is 0 Å². The van der Waals surface area contributed by atoms with Crippen LogP contribution in [0.15, 0.2) is 54.6 Å². The number of carbonyl (C=O) groups is 1. The van der Waals surface area contributed by atoms with Gasteiger partial charge in [-0.3, -0.25) is 4.79 Å². The molecule has 0 fully saturated rings. The zero-order valence-corrected chi connectivity index (χ0v) is 11.4. The normalized spacial score (nSPS) is 9.45. The Morgan fingerprint density at radius 2 is 1.65 bits per heavy atom. The van der Waals surface area contributed by atoms with Gasteiger partial charge >= 0.3 is 5.97 Å². The van der Waals surface area contributed by atoms with Crippen LogP contribution in [0.25, 0.3) is 11.1 Å². The maximum atomic E-state index is 11.1. The number of hydrogen-bond donors (Lipinski definition) is 0. The van der Waals surface area contributed by atoms with Crippen LogP contribution in [-0.2, 0) is 9.53 Å². The Balaban J connectivity index is 2.02. The van der Waals surface area contributed by atoms with E-state index in [2.05, 4.69) is 24.0 Å². The van der Waals surface area contributed by atoms with Crippen LogP contribution in [0.4, 0.5) is 0 Å². The van der Waals surface area contributed by atoms with E-state index in [4.69, 9.17) is 4.74 Å². The van der Waals surface area contributed by atoms with Crippen LogP contribution in [0.2, 0.25) is 0 Å². The number of esters is 1. The van der Waals surface area contributed by atoms with Crippen molar-refractivity contribution < 1.29 is 9.53 Å². The summed E-state index contributed by atoms with van der Waals surface area (Å²) in [6.07, 6.45) is 0.133. The van der Waals surface area contributed by atoms with Gasteiger partial charge in [-0.1, -0.05) is 54.3 Å². The molecule has 0 aliphatic rings. The van der Waals surface area contributed by atoms with Gasteiger partial charge in [0.2, 0.25) is 0 Å². The fraction of sp³-hybridized carbons (Fsp3) is 0.167. The van der Waals surface area contributed by atoms with E-state index in [1.54, 1.807) is 6.92 Å². The van der Waals surface area contributed by atoms with Crippen LogP contribution in [0, 0.1) is 11.8 Å². The van der Waals surface area contributed by atoms with Crippen molar-refractivity contribution in [1.82, 2.24) is 0 Å². The number of benzene rings is 2. The highest BCUT2D eigenvalue weighted by Crippen LogP contribution is 2.18. The summed E-state index contributed by atoms with van der Waals surface area (Å²) in [5.41, 5.74) is 3.23. The molecule has 2 aromatic carbocycles. The molecule has 0 aliphatic heterocycles. The quantitative estimate of drug-likeness (QED) is 0.624. The highest BCUT2D eigenvalue weighted by molar-refractivity contribution is 5.72. The van der Waals surface area contributed by atoms with Crippen molar-refractivity contribution in [1.29, 1.82) is 0 Å². The first kappa shape index (κ1) is 13.9. The fourth-order valence-corrected chi connectivity index (χ4v) is 1.81. The summed E-state index contributed by atoms with van der Waals surface area (Å²) in [6.45, 7) is 2.18. The first-order valence-electron chi connectivity index (χ1n) is 6.59.